The van der Waals surface area contributed by atoms with Crippen LogP contribution >= 0.6 is 12.6 Å². The average molecular weight is 245 g/mol. The van der Waals surface area contributed by atoms with Gasteiger partial charge in [0.25, 0.3) is 0 Å². The van der Waals surface area contributed by atoms with E-state index in [0.717, 1.165) is 5.69 Å². The lowest BCUT2D eigenvalue weighted by Gasteiger charge is -2.23. The molecule has 0 aliphatic carbocycles. The molecule has 1 aromatic carbocycles. The maximum absolute atomic E-state index is 11.9. The Bertz CT molecular complexity index is 437. The molecule has 17 heavy (non-hydrogen) atoms. The first kappa shape index (κ1) is 13.3. The Morgan fingerprint density at radius 1 is 1.29 bits per heavy atom. The van der Waals surface area contributed by atoms with Gasteiger partial charge in [-0.1, -0.05) is 37.4 Å². The molecule has 0 heterocycles. The Hall–Kier alpha value is -1.74. The monoisotopic (exact) mass is 245 g/mol. The molecule has 1 aromatic rings. The van der Waals surface area contributed by atoms with Crippen LogP contribution < -0.4 is 4.90 Å². The average Bonchev–Trinajstić information content (AvgIpc) is 2.39. The van der Waals surface area contributed by atoms with E-state index in [0.29, 0.717) is 5.70 Å². The van der Waals surface area contributed by atoms with Crippen LogP contribution in [-0.2, 0) is 4.79 Å². The third-order valence-electron chi connectivity index (χ3n) is 2.16. The van der Waals surface area contributed by atoms with E-state index in [2.05, 4.69) is 25.8 Å². The third-order valence-corrected chi connectivity index (χ3v) is 2.43. The number of hydrogen-bond acceptors (Lipinski definition) is 2. The molecule has 0 unspecified atom stereocenters. The second-order valence-corrected chi connectivity index (χ2v) is 3.57. The number of nitrogens with zero attached hydrogens (tertiary/aromatic N) is 1. The summed E-state index contributed by atoms with van der Waals surface area (Å²) < 4.78 is 0. The molecule has 0 saturated carbocycles. The highest BCUT2D eigenvalue weighted by atomic mass is 32.1. The van der Waals surface area contributed by atoms with E-state index in [9.17, 15) is 4.79 Å². The first-order valence-electron chi connectivity index (χ1n) is 5.18. The van der Waals surface area contributed by atoms with Crippen molar-refractivity contribution in [2.24, 2.45) is 0 Å². The lowest BCUT2D eigenvalue weighted by molar-refractivity contribution is -0.115. The van der Waals surface area contributed by atoms with Crippen LogP contribution in [0.25, 0.3) is 0 Å². The van der Waals surface area contributed by atoms with Gasteiger partial charge >= 0.3 is 0 Å². The maximum Gasteiger partial charge on any atom is 0.241 e. The molecular weight excluding hydrogens is 230 g/mol. The lowest BCUT2D eigenvalue weighted by atomic mass is 10.2. The van der Waals surface area contributed by atoms with Crippen molar-refractivity contribution in [3.63, 3.8) is 0 Å². The summed E-state index contributed by atoms with van der Waals surface area (Å²) in [6.07, 6.45) is 4.98. The molecule has 0 saturated heterocycles. The molecule has 0 spiro atoms. The van der Waals surface area contributed by atoms with Gasteiger partial charge in [0.1, 0.15) is 0 Å². The number of amides is 1. The minimum atomic E-state index is -0.104. The summed E-state index contributed by atoms with van der Waals surface area (Å²) in [5.41, 5.74) is 1.48. The second kappa shape index (κ2) is 6.76. The highest BCUT2D eigenvalue weighted by molar-refractivity contribution is 7.81. The first-order chi connectivity index (χ1) is 8.24. The Balaban J connectivity index is 3.21. The zero-order chi connectivity index (χ0) is 12.7. The molecule has 1 rings (SSSR count). The molecule has 2 nitrogen and oxygen atoms in total. The first-order valence-corrected chi connectivity index (χ1v) is 5.82. The van der Waals surface area contributed by atoms with Crippen LogP contribution in [-0.4, -0.2) is 11.7 Å². The van der Waals surface area contributed by atoms with Crippen LogP contribution in [0.4, 0.5) is 5.69 Å². The molecule has 0 aromatic heterocycles. The summed E-state index contributed by atoms with van der Waals surface area (Å²) in [6.45, 7) is 7.34. The van der Waals surface area contributed by atoms with Crippen LogP contribution in [0.1, 0.15) is 0 Å². The molecule has 0 aliphatic heterocycles. The Kier molecular flexibility index (Phi) is 5.30. The smallest absolute Gasteiger partial charge is 0.241 e. The van der Waals surface area contributed by atoms with Gasteiger partial charge in [-0.25, -0.2) is 0 Å². The lowest BCUT2D eigenvalue weighted by Crippen LogP contribution is -2.30. The van der Waals surface area contributed by atoms with E-state index in [4.69, 9.17) is 0 Å². The van der Waals surface area contributed by atoms with Gasteiger partial charge in [0.15, 0.2) is 0 Å². The molecular formula is C14H15NOS. The van der Waals surface area contributed by atoms with Gasteiger partial charge in [0.05, 0.1) is 5.75 Å². The number of carbonyl (C=O) groups excluding carboxylic acids is 1. The van der Waals surface area contributed by atoms with Crippen molar-refractivity contribution < 1.29 is 4.79 Å². The number of carbonyl (C=O) groups is 1. The van der Waals surface area contributed by atoms with Gasteiger partial charge in [0.2, 0.25) is 5.91 Å². The van der Waals surface area contributed by atoms with Crippen molar-refractivity contribution in [1.82, 2.24) is 0 Å². The van der Waals surface area contributed by atoms with Crippen LogP contribution in [0.15, 0.2) is 67.4 Å². The van der Waals surface area contributed by atoms with Gasteiger partial charge in [0, 0.05) is 11.4 Å². The Morgan fingerprint density at radius 3 is 2.41 bits per heavy atom. The molecule has 0 fully saturated rings. The Labute approximate surface area is 107 Å². The van der Waals surface area contributed by atoms with E-state index in [1.165, 1.54) is 0 Å². The van der Waals surface area contributed by atoms with Crippen molar-refractivity contribution >= 4 is 24.2 Å². The zero-order valence-corrected chi connectivity index (χ0v) is 10.4. The second-order valence-electron chi connectivity index (χ2n) is 3.25. The molecule has 0 aliphatic rings. The summed E-state index contributed by atoms with van der Waals surface area (Å²) in [5.74, 6) is 0.0320. The van der Waals surface area contributed by atoms with E-state index in [1.54, 1.807) is 23.1 Å². The standard InChI is InChI=1S/C14H15NOS/c1-3-8-12(4-2)15(14(16)11-17)13-9-6-5-7-10-13/h3-10,17H,1-2,11H2/b12-8+. The number of thiol groups is 1. The molecule has 0 bridgehead atoms. The summed E-state index contributed by atoms with van der Waals surface area (Å²) in [7, 11) is 0. The van der Waals surface area contributed by atoms with Crippen molar-refractivity contribution in [3.05, 3.63) is 67.4 Å². The van der Waals surface area contributed by atoms with E-state index >= 15 is 0 Å². The minimum absolute atomic E-state index is 0.104. The summed E-state index contributed by atoms with van der Waals surface area (Å²) in [5, 5.41) is 0. The number of rotatable bonds is 5. The fraction of sp³-hybridized carbons (Fsp3) is 0.0714. The molecule has 88 valence electrons. The van der Waals surface area contributed by atoms with Crippen molar-refractivity contribution in [2.75, 3.05) is 10.7 Å². The Morgan fingerprint density at radius 2 is 1.94 bits per heavy atom. The fourth-order valence-corrected chi connectivity index (χ4v) is 1.58. The predicted molar refractivity (Wildman–Crippen MR) is 76.3 cm³/mol. The predicted octanol–water partition coefficient (Wildman–Crippen LogP) is 3.21. The zero-order valence-electron chi connectivity index (χ0n) is 9.54. The van der Waals surface area contributed by atoms with Crippen molar-refractivity contribution in [3.8, 4) is 0 Å². The summed E-state index contributed by atoms with van der Waals surface area (Å²) in [6, 6.07) is 9.38. The number of hydrogen-bond donors (Lipinski definition) is 1. The molecule has 1 amide bonds. The minimum Gasteiger partial charge on any atom is -0.280 e. The topological polar surface area (TPSA) is 20.3 Å². The van der Waals surface area contributed by atoms with Gasteiger partial charge in [-0.2, -0.15) is 12.6 Å². The van der Waals surface area contributed by atoms with E-state index < -0.39 is 0 Å². The number of para-hydroxylation sites is 1. The molecule has 0 radical (unpaired) electrons. The summed E-state index contributed by atoms with van der Waals surface area (Å²) in [4.78, 5) is 13.5. The van der Waals surface area contributed by atoms with E-state index in [-0.39, 0.29) is 11.7 Å². The largest absolute Gasteiger partial charge is 0.280 e. The highest BCUT2D eigenvalue weighted by Gasteiger charge is 2.16. The van der Waals surface area contributed by atoms with Gasteiger partial charge in [-0.3, -0.25) is 9.69 Å². The number of anilines is 1. The number of allylic oxidation sites excluding steroid dienone is 3. The quantitative estimate of drug-likeness (QED) is 0.624. The summed E-state index contributed by atoms with van der Waals surface area (Å²) >= 11 is 4.03. The van der Waals surface area contributed by atoms with Gasteiger partial charge < -0.3 is 0 Å². The number of benzene rings is 1. The van der Waals surface area contributed by atoms with E-state index in [1.807, 2.05) is 30.3 Å². The highest BCUT2D eigenvalue weighted by Crippen LogP contribution is 2.20. The molecule has 0 atom stereocenters. The molecule has 3 heteroatoms. The maximum atomic E-state index is 11.9. The van der Waals surface area contributed by atoms with Crippen LogP contribution in [0, 0.1) is 0 Å². The van der Waals surface area contributed by atoms with Gasteiger partial charge in [-0.15, -0.1) is 0 Å². The van der Waals surface area contributed by atoms with Crippen LogP contribution in [0.3, 0.4) is 0 Å². The SMILES string of the molecule is C=C/C=C(\C=C)N(C(=O)CS)c1ccccc1. The fourth-order valence-electron chi connectivity index (χ4n) is 1.44. The van der Waals surface area contributed by atoms with Crippen molar-refractivity contribution in [2.45, 2.75) is 0 Å². The molecule has 0 N–H and O–H groups in total. The van der Waals surface area contributed by atoms with Gasteiger partial charge in [-0.05, 0) is 24.3 Å². The van der Waals surface area contributed by atoms with Crippen LogP contribution in [0.2, 0.25) is 0 Å². The normalized spacial score (nSPS) is 10.8. The third kappa shape index (κ3) is 3.36. The van der Waals surface area contributed by atoms with Crippen LogP contribution in [0.5, 0.6) is 0 Å². The van der Waals surface area contributed by atoms with Crippen molar-refractivity contribution in [1.29, 1.82) is 0 Å².